The van der Waals surface area contributed by atoms with Crippen LogP contribution in [0.5, 0.6) is 0 Å². The molecular formula is C19H19. The van der Waals surface area contributed by atoms with Gasteiger partial charge in [0.15, 0.2) is 0 Å². The van der Waals surface area contributed by atoms with Crippen LogP contribution < -0.4 is 0 Å². The van der Waals surface area contributed by atoms with E-state index >= 15 is 0 Å². The van der Waals surface area contributed by atoms with Crippen LogP contribution in [0.2, 0.25) is 0 Å². The second kappa shape index (κ2) is 4.52. The van der Waals surface area contributed by atoms with Crippen molar-refractivity contribution >= 4 is 0 Å². The third-order valence-electron chi connectivity index (χ3n) is 4.61. The van der Waals surface area contributed by atoms with E-state index in [4.69, 9.17) is 0 Å². The average Bonchev–Trinajstić information content (AvgIpc) is 2.77. The van der Waals surface area contributed by atoms with Gasteiger partial charge in [0.25, 0.3) is 0 Å². The number of fused-ring (bicyclic) bond motifs is 5. The van der Waals surface area contributed by atoms with Gasteiger partial charge in [0.2, 0.25) is 0 Å². The number of aryl methyl sites for hydroxylation is 1. The quantitative estimate of drug-likeness (QED) is 0.528. The first-order valence-electron chi connectivity index (χ1n) is 7.52. The summed E-state index contributed by atoms with van der Waals surface area (Å²) in [5, 5.41) is 0. The highest BCUT2D eigenvalue weighted by Crippen LogP contribution is 2.42. The largest absolute Gasteiger partial charge is 0.0619 e. The molecule has 0 aromatic heterocycles. The molecular weight excluding hydrogens is 228 g/mol. The highest BCUT2D eigenvalue weighted by Gasteiger charge is 2.23. The Bertz CT molecular complexity index is 622. The second-order valence-electron chi connectivity index (χ2n) is 5.81. The fourth-order valence-corrected chi connectivity index (χ4v) is 3.66. The van der Waals surface area contributed by atoms with Gasteiger partial charge in [-0.3, -0.25) is 0 Å². The Labute approximate surface area is 115 Å². The maximum Gasteiger partial charge on any atom is 0.0212 e. The molecule has 0 bridgehead atoms. The Morgan fingerprint density at radius 1 is 0.684 bits per heavy atom. The van der Waals surface area contributed by atoms with Crippen molar-refractivity contribution in [2.45, 2.75) is 38.5 Å². The van der Waals surface area contributed by atoms with Crippen LogP contribution in [-0.2, 0) is 12.8 Å². The van der Waals surface area contributed by atoms with Gasteiger partial charge in [-0.2, -0.15) is 0 Å². The first-order chi connectivity index (χ1) is 9.43. The van der Waals surface area contributed by atoms with E-state index in [1.165, 1.54) is 60.8 Å². The van der Waals surface area contributed by atoms with Crippen LogP contribution in [0.25, 0.3) is 11.1 Å². The molecule has 0 heterocycles. The molecule has 19 heavy (non-hydrogen) atoms. The molecule has 0 nitrogen and oxygen atoms in total. The SMILES string of the molecule is [CH]1c2ccccc2-c2c1ccc1c2CCCCCC1. The highest BCUT2D eigenvalue weighted by molar-refractivity contribution is 5.84. The molecule has 0 saturated carbocycles. The molecule has 0 aliphatic heterocycles. The van der Waals surface area contributed by atoms with Crippen molar-refractivity contribution in [2.75, 3.05) is 0 Å². The predicted octanol–water partition coefficient (Wildman–Crippen LogP) is 4.93. The first kappa shape index (κ1) is 11.3. The molecule has 0 amide bonds. The Morgan fingerprint density at radius 2 is 1.53 bits per heavy atom. The lowest BCUT2D eigenvalue weighted by Crippen LogP contribution is -2.02. The molecule has 0 heteroatoms. The van der Waals surface area contributed by atoms with Crippen LogP contribution in [0, 0.1) is 6.42 Å². The van der Waals surface area contributed by atoms with Crippen LogP contribution in [-0.4, -0.2) is 0 Å². The van der Waals surface area contributed by atoms with Crippen molar-refractivity contribution < 1.29 is 0 Å². The zero-order chi connectivity index (χ0) is 12.7. The fourth-order valence-electron chi connectivity index (χ4n) is 3.66. The topological polar surface area (TPSA) is 0 Å². The third-order valence-corrected chi connectivity index (χ3v) is 4.61. The summed E-state index contributed by atoms with van der Waals surface area (Å²) in [5.74, 6) is 0. The van der Waals surface area contributed by atoms with Crippen LogP contribution in [0.3, 0.4) is 0 Å². The number of benzene rings is 2. The summed E-state index contributed by atoms with van der Waals surface area (Å²) in [6, 6.07) is 13.5. The van der Waals surface area contributed by atoms with Gasteiger partial charge in [-0.15, -0.1) is 0 Å². The Hall–Kier alpha value is -1.56. The van der Waals surface area contributed by atoms with E-state index in [9.17, 15) is 0 Å². The van der Waals surface area contributed by atoms with Gasteiger partial charge in [0, 0.05) is 6.42 Å². The van der Waals surface area contributed by atoms with Crippen LogP contribution in [0.1, 0.15) is 47.9 Å². The predicted molar refractivity (Wildman–Crippen MR) is 80.3 cm³/mol. The number of rotatable bonds is 0. The lowest BCUT2D eigenvalue weighted by atomic mass is 9.87. The van der Waals surface area contributed by atoms with Gasteiger partial charge in [-0.1, -0.05) is 49.2 Å². The van der Waals surface area contributed by atoms with Gasteiger partial charge < -0.3 is 0 Å². The zero-order valence-electron chi connectivity index (χ0n) is 11.3. The summed E-state index contributed by atoms with van der Waals surface area (Å²) in [6.45, 7) is 0. The van der Waals surface area contributed by atoms with Gasteiger partial charge in [0.1, 0.15) is 0 Å². The third kappa shape index (κ3) is 1.82. The van der Waals surface area contributed by atoms with E-state index in [1.807, 2.05) is 0 Å². The molecule has 2 aromatic carbocycles. The summed E-state index contributed by atoms with van der Waals surface area (Å²) >= 11 is 0. The monoisotopic (exact) mass is 247 g/mol. The van der Waals surface area contributed by atoms with Crippen LogP contribution >= 0.6 is 0 Å². The molecule has 0 atom stereocenters. The van der Waals surface area contributed by atoms with E-state index in [-0.39, 0.29) is 0 Å². The first-order valence-corrected chi connectivity index (χ1v) is 7.52. The normalized spacial score (nSPS) is 17.1. The van der Waals surface area contributed by atoms with Crippen LogP contribution in [0.15, 0.2) is 36.4 Å². The maximum absolute atomic E-state index is 2.38. The molecule has 0 unspecified atom stereocenters. The van der Waals surface area contributed by atoms with E-state index in [1.54, 1.807) is 11.1 Å². The standard InChI is InChI=1S/C19H19/c1-2-4-9-17-14(7-3-1)11-12-16-13-15-8-5-6-10-18(15)19(16)17/h5-6,8,10-13H,1-4,7,9H2. The maximum atomic E-state index is 2.38. The minimum absolute atomic E-state index is 1.26. The summed E-state index contributed by atoms with van der Waals surface area (Å²) in [7, 11) is 0. The van der Waals surface area contributed by atoms with Crippen molar-refractivity contribution in [3.63, 3.8) is 0 Å². The molecule has 0 N–H and O–H groups in total. The van der Waals surface area contributed by atoms with E-state index in [0.29, 0.717) is 0 Å². The summed E-state index contributed by atoms with van der Waals surface area (Å²) in [4.78, 5) is 0. The van der Waals surface area contributed by atoms with Crippen molar-refractivity contribution in [1.82, 2.24) is 0 Å². The molecule has 0 fully saturated rings. The van der Waals surface area contributed by atoms with Crippen molar-refractivity contribution in [2.24, 2.45) is 0 Å². The lowest BCUT2D eigenvalue weighted by Gasteiger charge is -2.18. The lowest BCUT2D eigenvalue weighted by molar-refractivity contribution is 0.617. The van der Waals surface area contributed by atoms with Gasteiger partial charge in [-0.05, 0) is 59.1 Å². The Kier molecular flexibility index (Phi) is 2.69. The average molecular weight is 247 g/mol. The molecule has 2 aromatic rings. The van der Waals surface area contributed by atoms with Crippen molar-refractivity contribution in [3.8, 4) is 11.1 Å². The molecule has 2 aliphatic carbocycles. The van der Waals surface area contributed by atoms with Gasteiger partial charge in [0.05, 0.1) is 0 Å². The molecule has 0 saturated heterocycles. The molecule has 1 radical (unpaired) electrons. The Balaban J connectivity index is 1.92. The molecule has 95 valence electrons. The number of hydrogen-bond donors (Lipinski definition) is 0. The summed E-state index contributed by atoms with van der Waals surface area (Å²) in [5.41, 5.74) is 9.06. The minimum Gasteiger partial charge on any atom is -0.0619 e. The van der Waals surface area contributed by atoms with Crippen LogP contribution in [0.4, 0.5) is 0 Å². The smallest absolute Gasteiger partial charge is 0.0212 e. The van der Waals surface area contributed by atoms with Gasteiger partial charge >= 0.3 is 0 Å². The molecule has 2 aliphatic rings. The summed E-state index contributed by atoms with van der Waals surface area (Å²) in [6.07, 6.45) is 10.4. The Morgan fingerprint density at radius 3 is 2.47 bits per heavy atom. The molecule has 4 rings (SSSR count). The highest BCUT2D eigenvalue weighted by atomic mass is 14.3. The fraction of sp³-hybridized carbons (Fsp3) is 0.316. The van der Waals surface area contributed by atoms with Crippen molar-refractivity contribution in [1.29, 1.82) is 0 Å². The molecule has 0 spiro atoms. The summed E-state index contributed by atoms with van der Waals surface area (Å²) < 4.78 is 0. The minimum atomic E-state index is 1.26. The zero-order valence-corrected chi connectivity index (χ0v) is 11.3. The van der Waals surface area contributed by atoms with Gasteiger partial charge in [-0.25, -0.2) is 0 Å². The second-order valence-corrected chi connectivity index (χ2v) is 5.81. The van der Waals surface area contributed by atoms with E-state index in [0.717, 1.165) is 0 Å². The van der Waals surface area contributed by atoms with E-state index < -0.39 is 0 Å². The van der Waals surface area contributed by atoms with Crippen molar-refractivity contribution in [3.05, 3.63) is 65.1 Å². The van der Waals surface area contributed by atoms with E-state index in [2.05, 4.69) is 42.8 Å². The number of hydrogen-bond acceptors (Lipinski definition) is 0.